The number of methoxy groups -OCH3 is 1. The molecule has 0 aliphatic carbocycles. The first-order valence-corrected chi connectivity index (χ1v) is 8.56. The third kappa shape index (κ3) is 5.34. The summed E-state index contributed by atoms with van der Waals surface area (Å²) in [6.45, 7) is 6.23. The van der Waals surface area contributed by atoms with Crippen LogP contribution in [0.5, 0.6) is 5.75 Å². The summed E-state index contributed by atoms with van der Waals surface area (Å²) < 4.78 is 5.36. The Bertz CT molecular complexity index is 678. The van der Waals surface area contributed by atoms with Crippen molar-refractivity contribution in [1.29, 1.82) is 0 Å². The lowest BCUT2D eigenvalue weighted by molar-refractivity contribution is 0.280. The van der Waals surface area contributed by atoms with E-state index >= 15 is 0 Å². The molecule has 0 bridgehead atoms. The molecule has 0 spiro atoms. The number of hydrogen-bond donors (Lipinski definition) is 1. The Kier molecular flexibility index (Phi) is 9.26. The van der Waals surface area contributed by atoms with Gasteiger partial charge in [-0.25, -0.2) is 0 Å². The highest BCUT2D eigenvalue weighted by Crippen LogP contribution is 2.27. The van der Waals surface area contributed by atoms with Crippen LogP contribution in [-0.4, -0.2) is 25.2 Å². The maximum absolute atomic E-state index is 5.36. The lowest BCUT2D eigenvalue weighted by Crippen LogP contribution is -2.35. The molecule has 1 aliphatic heterocycles. The molecule has 138 valence electrons. The Morgan fingerprint density at radius 3 is 2.92 bits per heavy atom. The van der Waals surface area contributed by atoms with Crippen LogP contribution in [0.4, 0.5) is 0 Å². The van der Waals surface area contributed by atoms with Gasteiger partial charge in [-0.2, -0.15) is 0 Å². The fourth-order valence-corrected chi connectivity index (χ4v) is 3.65. The lowest BCUT2D eigenvalue weighted by Gasteiger charge is -2.30. The number of hydrogen-bond acceptors (Lipinski definition) is 3. The molecule has 0 radical (unpaired) electrons. The average molecular weight is 383 g/mol. The number of halogens is 2. The highest BCUT2D eigenvalue weighted by Gasteiger charge is 2.21. The number of piperidine rings is 1. The molecule has 5 heteroatoms. The van der Waals surface area contributed by atoms with Gasteiger partial charge in [-0.3, -0.25) is 4.98 Å². The summed E-state index contributed by atoms with van der Waals surface area (Å²) in [6, 6.07) is 8.27. The number of benzene rings is 1. The van der Waals surface area contributed by atoms with E-state index in [1.54, 1.807) is 7.11 Å². The van der Waals surface area contributed by atoms with E-state index in [0.29, 0.717) is 5.92 Å². The Labute approximate surface area is 163 Å². The maximum Gasteiger partial charge on any atom is 0.119 e. The van der Waals surface area contributed by atoms with E-state index in [-0.39, 0.29) is 24.8 Å². The number of nitrogens with one attached hydrogen (secondary N) is 1. The molecule has 1 saturated heterocycles. The van der Waals surface area contributed by atoms with Crippen LogP contribution in [-0.2, 0) is 6.42 Å². The number of pyridine rings is 1. The summed E-state index contributed by atoms with van der Waals surface area (Å²) in [4.78, 5) is 4.46. The second-order valence-corrected chi connectivity index (χ2v) is 6.40. The summed E-state index contributed by atoms with van der Waals surface area (Å²) >= 11 is 0. The zero-order valence-electron chi connectivity index (χ0n) is 14.7. The van der Waals surface area contributed by atoms with Gasteiger partial charge in [0.2, 0.25) is 0 Å². The first kappa shape index (κ1) is 21.8. The molecule has 0 saturated carbocycles. The molecule has 25 heavy (non-hydrogen) atoms. The predicted octanol–water partition coefficient (Wildman–Crippen LogP) is 4.82. The van der Waals surface area contributed by atoms with Crippen molar-refractivity contribution < 1.29 is 4.74 Å². The van der Waals surface area contributed by atoms with Crippen LogP contribution in [0.1, 0.15) is 24.8 Å². The van der Waals surface area contributed by atoms with Gasteiger partial charge in [0.15, 0.2) is 0 Å². The smallest absolute Gasteiger partial charge is 0.119 e. The minimum Gasteiger partial charge on any atom is -0.497 e. The van der Waals surface area contributed by atoms with Crippen LogP contribution >= 0.6 is 24.8 Å². The van der Waals surface area contributed by atoms with Crippen LogP contribution in [0.15, 0.2) is 43.1 Å². The molecule has 1 aromatic carbocycles. The van der Waals surface area contributed by atoms with Crippen LogP contribution in [0.25, 0.3) is 10.9 Å². The molecule has 3 nitrogen and oxygen atoms in total. The molecule has 2 atom stereocenters. The number of aryl methyl sites for hydroxylation is 1. The van der Waals surface area contributed by atoms with Crippen molar-refractivity contribution in [1.82, 2.24) is 10.3 Å². The van der Waals surface area contributed by atoms with E-state index in [2.05, 4.69) is 35.1 Å². The Morgan fingerprint density at radius 2 is 2.16 bits per heavy atom. The van der Waals surface area contributed by atoms with Crippen molar-refractivity contribution in [3.05, 3.63) is 48.7 Å². The van der Waals surface area contributed by atoms with Gasteiger partial charge < -0.3 is 10.1 Å². The molecule has 0 amide bonds. The van der Waals surface area contributed by atoms with Gasteiger partial charge in [0.25, 0.3) is 0 Å². The first-order valence-electron chi connectivity index (χ1n) is 8.56. The van der Waals surface area contributed by atoms with Crippen molar-refractivity contribution in [3.63, 3.8) is 0 Å². The standard InChI is InChI=1S/C20H26N2O.2ClH/c1-3-15-14-21-11-9-16(15)5-4-6-17-10-12-22-20-8-7-18(23-2)13-19(17)20;;/h3,7-8,10,12-13,15-16,21H,1,4-6,9,11,14H2,2H3;2*1H. The summed E-state index contributed by atoms with van der Waals surface area (Å²) in [5.41, 5.74) is 2.42. The van der Waals surface area contributed by atoms with Crippen molar-refractivity contribution in [2.75, 3.05) is 20.2 Å². The van der Waals surface area contributed by atoms with Crippen molar-refractivity contribution >= 4 is 35.7 Å². The van der Waals surface area contributed by atoms with Gasteiger partial charge in [-0.05, 0) is 73.9 Å². The number of fused-ring (bicyclic) bond motifs is 1. The monoisotopic (exact) mass is 382 g/mol. The molecule has 1 N–H and O–H groups in total. The lowest BCUT2D eigenvalue weighted by atomic mass is 9.82. The molecule has 2 heterocycles. The molecule has 2 aromatic rings. The van der Waals surface area contributed by atoms with Gasteiger partial charge in [0.05, 0.1) is 12.6 Å². The van der Waals surface area contributed by atoms with Crippen LogP contribution in [0.2, 0.25) is 0 Å². The minimum absolute atomic E-state index is 0. The highest BCUT2D eigenvalue weighted by atomic mass is 35.5. The topological polar surface area (TPSA) is 34.2 Å². The van der Waals surface area contributed by atoms with Crippen LogP contribution in [0.3, 0.4) is 0 Å². The van der Waals surface area contributed by atoms with E-state index in [4.69, 9.17) is 4.74 Å². The number of ether oxygens (including phenoxy) is 1. The summed E-state index contributed by atoms with van der Waals surface area (Å²) in [5.74, 6) is 2.30. The van der Waals surface area contributed by atoms with Crippen LogP contribution < -0.4 is 10.1 Å². The largest absolute Gasteiger partial charge is 0.497 e. The molecule has 1 aliphatic rings. The minimum atomic E-state index is 0. The van der Waals surface area contributed by atoms with Gasteiger partial charge in [-0.1, -0.05) is 6.08 Å². The van der Waals surface area contributed by atoms with Crippen molar-refractivity contribution in [2.24, 2.45) is 11.8 Å². The molecular weight excluding hydrogens is 355 g/mol. The molecule has 3 rings (SSSR count). The van der Waals surface area contributed by atoms with Gasteiger partial charge >= 0.3 is 0 Å². The van der Waals surface area contributed by atoms with E-state index in [0.717, 1.165) is 36.7 Å². The summed E-state index contributed by atoms with van der Waals surface area (Å²) in [6.07, 6.45) is 8.89. The number of aromatic nitrogens is 1. The highest BCUT2D eigenvalue weighted by molar-refractivity contribution is 5.85. The van der Waals surface area contributed by atoms with Crippen LogP contribution in [0, 0.1) is 11.8 Å². The van der Waals surface area contributed by atoms with Crippen molar-refractivity contribution in [2.45, 2.75) is 25.7 Å². The van der Waals surface area contributed by atoms with Gasteiger partial charge in [-0.15, -0.1) is 31.4 Å². The second-order valence-electron chi connectivity index (χ2n) is 6.40. The first-order chi connectivity index (χ1) is 11.3. The van der Waals surface area contributed by atoms with E-state index in [1.165, 1.54) is 30.2 Å². The van der Waals surface area contributed by atoms with E-state index in [1.807, 2.05) is 18.3 Å². The zero-order valence-corrected chi connectivity index (χ0v) is 16.4. The van der Waals surface area contributed by atoms with Gasteiger partial charge in [0.1, 0.15) is 5.75 Å². The second kappa shape index (κ2) is 10.6. The van der Waals surface area contributed by atoms with Gasteiger partial charge in [0, 0.05) is 18.1 Å². The van der Waals surface area contributed by atoms with E-state index in [9.17, 15) is 0 Å². The Morgan fingerprint density at radius 1 is 1.32 bits per heavy atom. The quantitative estimate of drug-likeness (QED) is 0.726. The average Bonchev–Trinajstić information content (AvgIpc) is 2.62. The third-order valence-electron chi connectivity index (χ3n) is 5.04. The fraction of sp³-hybridized carbons (Fsp3) is 0.450. The normalized spacial score (nSPS) is 19.6. The third-order valence-corrected chi connectivity index (χ3v) is 5.04. The zero-order chi connectivity index (χ0) is 16.1. The molecule has 1 fully saturated rings. The number of nitrogens with zero attached hydrogens (tertiary/aromatic N) is 1. The molecule has 1 aromatic heterocycles. The molecule has 2 unspecified atom stereocenters. The fourth-order valence-electron chi connectivity index (χ4n) is 3.65. The molecular formula is C20H28Cl2N2O. The predicted molar refractivity (Wildman–Crippen MR) is 110 cm³/mol. The number of rotatable bonds is 6. The van der Waals surface area contributed by atoms with E-state index < -0.39 is 0 Å². The SMILES string of the molecule is C=CC1CNCCC1CCCc1ccnc2ccc(OC)cc12.Cl.Cl. The van der Waals surface area contributed by atoms with Crippen molar-refractivity contribution in [3.8, 4) is 5.75 Å². The summed E-state index contributed by atoms with van der Waals surface area (Å²) in [5, 5.41) is 4.69. The summed E-state index contributed by atoms with van der Waals surface area (Å²) in [7, 11) is 1.71. The maximum atomic E-state index is 5.36. The Hall–Kier alpha value is -1.29. The Balaban J connectivity index is 0.00000156.